The van der Waals surface area contributed by atoms with Crippen molar-refractivity contribution in [1.82, 2.24) is 9.97 Å². The first-order chi connectivity index (χ1) is 10.1. The number of fused-ring (bicyclic) bond motifs is 1. The van der Waals surface area contributed by atoms with Gasteiger partial charge in [-0.1, -0.05) is 18.7 Å². The van der Waals surface area contributed by atoms with Gasteiger partial charge in [-0.25, -0.2) is 9.97 Å². The van der Waals surface area contributed by atoms with Crippen LogP contribution in [-0.4, -0.2) is 28.3 Å². The van der Waals surface area contributed by atoms with Crippen molar-refractivity contribution < 1.29 is 9.53 Å². The van der Waals surface area contributed by atoms with Gasteiger partial charge in [0, 0.05) is 10.3 Å². The lowest BCUT2D eigenvalue weighted by Gasteiger charge is -2.05. The van der Waals surface area contributed by atoms with Crippen molar-refractivity contribution in [1.29, 1.82) is 0 Å². The molecule has 4 nitrogen and oxygen atoms in total. The molecule has 1 saturated carbocycles. The van der Waals surface area contributed by atoms with Gasteiger partial charge in [-0.05, 0) is 37.7 Å². The zero-order valence-corrected chi connectivity index (χ0v) is 14.0. The molecule has 3 rings (SSSR count). The van der Waals surface area contributed by atoms with E-state index in [1.165, 1.54) is 28.6 Å². The van der Waals surface area contributed by atoms with Crippen molar-refractivity contribution in [3.63, 3.8) is 0 Å². The van der Waals surface area contributed by atoms with Gasteiger partial charge in [0.15, 0.2) is 0 Å². The number of hydrogen-bond donors (Lipinski definition) is 0. The Morgan fingerprint density at radius 1 is 1.48 bits per heavy atom. The fraction of sp³-hybridized carbons (Fsp3) is 0.533. The SMILES string of the molecule is Cc1sc2ncnc(SCC(=O)OC[C@H]3C[C@H]3C)c2c1C. The highest BCUT2D eigenvalue weighted by molar-refractivity contribution is 8.00. The molecule has 0 aromatic carbocycles. The number of nitrogens with zero attached hydrogens (tertiary/aromatic N) is 2. The molecule has 6 heteroatoms. The average molecular weight is 322 g/mol. The number of carbonyl (C=O) groups is 1. The molecule has 112 valence electrons. The van der Waals surface area contributed by atoms with Crippen LogP contribution in [0.5, 0.6) is 0 Å². The minimum absolute atomic E-state index is 0.157. The minimum atomic E-state index is -0.157. The maximum Gasteiger partial charge on any atom is 0.316 e. The number of rotatable bonds is 5. The van der Waals surface area contributed by atoms with Crippen LogP contribution in [0.25, 0.3) is 10.2 Å². The lowest BCUT2D eigenvalue weighted by Crippen LogP contribution is -2.10. The molecule has 0 spiro atoms. The van der Waals surface area contributed by atoms with E-state index >= 15 is 0 Å². The van der Waals surface area contributed by atoms with E-state index in [0.29, 0.717) is 24.2 Å². The monoisotopic (exact) mass is 322 g/mol. The molecule has 0 unspecified atom stereocenters. The summed E-state index contributed by atoms with van der Waals surface area (Å²) in [4.78, 5) is 22.7. The Labute approximate surface area is 132 Å². The summed E-state index contributed by atoms with van der Waals surface area (Å²) in [6, 6.07) is 0. The Kier molecular flexibility index (Phi) is 4.17. The summed E-state index contributed by atoms with van der Waals surface area (Å²) < 4.78 is 5.31. The maximum absolute atomic E-state index is 11.8. The molecule has 0 amide bonds. The van der Waals surface area contributed by atoms with E-state index in [1.807, 2.05) is 0 Å². The second-order valence-corrected chi connectivity index (χ2v) is 7.75. The summed E-state index contributed by atoms with van der Waals surface area (Å²) in [5, 5.41) is 1.95. The topological polar surface area (TPSA) is 52.1 Å². The predicted octanol–water partition coefficient (Wildman–Crippen LogP) is 3.60. The minimum Gasteiger partial charge on any atom is -0.465 e. The van der Waals surface area contributed by atoms with Crippen LogP contribution in [0.2, 0.25) is 0 Å². The zero-order valence-electron chi connectivity index (χ0n) is 12.4. The molecule has 1 fully saturated rings. The molecule has 2 atom stereocenters. The Balaban J connectivity index is 1.63. The van der Waals surface area contributed by atoms with Gasteiger partial charge in [-0.3, -0.25) is 4.79 Å². The number of ether oxygens (including phenoxy) is 1. The molecule has 0 radical (unpaired) electrons. The van der Waals surface area contributed by atoms with Crippen LogP contribution < -0.4 is 0 Å². The Morgan fingerprint density at radius 3 is 2.95 bits per heavy atom. The first kappa shape index (κ1) is 14.8. The first-order valence-electron chi connectivity index (χ1n) is 7.05. The fourth-order valence-corrected chi connectivity index (χ4v) is 4.17. The summed E-state index contributed by atoms with van der Waals surface area (Å²) in [6.07, 6.45) is 2.75. The van der Waals surface area contributed by atoms with Gasteiger partial charge in [0.2, 0.25) is 0 Å². The Morgan fingerprint density at radius 2 is 2.24 bits per heavy atom. The van der Waals surface area contributed by atoms with Crippen molar-refractivity contribution in [2.24, 2.45) is 11.8 Å². The van der Waals surface area contributed by atoms with E-state index in [4.69, 9.17) is 4.74 Å². The number of aromatic nitrogens is 2. The van der Waals surface area contributed by atoms with Crippen molar-refractivity contribution in [2.45, 2.75) is 32.2 Å². The summed E-state index contributed by atoms with van der Waals surface area (Å²) in [6.45, 7) is 6.92. The Bertz CT molecular complexity index is 684. The van der Waals surface area contributed by atoms with Crippen LogP contribution in [-0.2, 0) is 9.53 Å². The fourth-order valence-electron chi connectivity index (χ4n) is 2.26. The molecule has 21 heavy (non-hydrogen) atoms. The largest absolute Gasteiger partial charge is 0.465 e. The normalized spacial score (nSPS) is 20.7. The predicted molar refractivity (Wildman–Crippen MR) is 85.8 cm³/mol. The van der Waals surface area contributed by atoms with Crippen LogP contribution in [0, 0.1) is 25.7 Å². The number of aryl methyl sites for hydroxylation is 2. The Hall–Kier alpha value is -1.14. The molecule has 2 aromatic rings. The van der Waals surface area contributed by atoms with E-state index in [1.54, 1.807) is 17.7 Å². The molecule has 0 aliphatic heterocycles. The van der Waals surface area contributed by atoms with Crippen molar-refractivity contribution in [3.8, 4) is 0 Å². The van der Waals surface area contributed by atoms with Crippen molar-refractivity contribution >= 4 is 39.3 Å². The third kappa shape index (κ3) is 3.21. The van der Waals surface area contributed by atoms with Crippen LogP contribution in [0.1, 0.15) is 23.8 Å². The third-order valence-corrected chi connectivity index (χ3v) is 6.07. The van der Waals surface area contributed by atoms with Gasteiger partial charge >= 0.3 is 5.97 Å². The van der Waals surface area contributed by atoms with Gasteiger partial charge in [-0.2, -0.15) is 0 Å². The van der Waals surface area contributed by atoms with Gasteiger partial charge in [0.1, 0.15) is 16.2 Å². The highest BCUT2D eigenvalue weighted by atomic mass is 32.2. The lowest BCUT2D eigenvalue weighted by molar-refractivity contribution is -0.140. The van der Waals surface area contributed by atoms with E-state index in [0.717, 1.165) is 15.2 Å². The molecule has 2 aromatic heterocycles. The third-order valence-electron chi connectivity index (χ3n) is 3.99. The summed E-state index contributed by atoms with van der Waals surface area (Å²) >= 11 is 3.11. The molecular weight excluding hydrogens is 304 g/mol. The number of esters is 1. The molecular formula is C15H18N2O2S2. The highest BCUT2D eigenvalue weighted by Crippen LogP contribution is 2.38. The number of hydrogen-bond acceptors (Lipinski definition) is 6. The van der Waals surface area contributed by atoms with Gasteiger partial charge in [0.05, 0.1) is 12.4 Å². The molecule has 1 aliphatic carbocycles. The van der Waals surface area contributed by atoms with E-state index in [9.17, 15) is 4.79 Å². The van der Waals surface area contributed by atoms with Crippen LogP contribution >= 0.6 is 23.1 Å². The number of thiophene rings is 1. The average Bonchev–Trinajstić information content (AvgIpc) is 3.09. The van der Waals surface area contributed by atoms with Gasteiger partial charge in [0.25, 0.3) is 0 Å². The summed E-state index contributed by atoms with van der Waals surface area (Å²) in [5.74, 6) is 1.44. The lowest BCUT2D eigenvalue weighted by atomic mass is 10.2. The number of thioether (sulfide) groups is 1. The maximum atomic E-state index is 11.8. The summed E-state index contributed by atoms with van der Waals surface area (Å²) in [5.41, 5.74) is 1.21. The second kappa shape index (κ2) is 5.93. The molecule has 0 bridgehead atoms. The van der Waals surface area contributed by atoms with E-state index in [-0.39, 0.29) is 5.97 Å². The van der Waals surface area contributed by atoms with E-state index < -0.39 is 0 Å². The molecule has 2 heterocycles. The standard InChI is InChI=1S/C15H18N2O2S2/c1-8-4-11(8)5-19-12(18)6-20-14-13-9(2)10(3)21-15(13)17-7-16-14/h7-8,11H,4-6H2,1-3H3/t8-,11-/m1/s1. The highest BCUT2D eigenvalue weighted by Gasteiger charge is 2.33. The first-order valence-corrected chi connectivity index (χ1v) is 8.85. The zero-order chi connectivity index (χ0) is 15.0. The van der Waals surface area contributed by atoms with Crippen LogP contribution in [0.4, 0.5) is 0 Å². The molecule has 0 saturated heterocycles. The van der Waals surface area contributed by atoms with Crippen molar-refractivity contribution in [2.75, 3.05) is 12.4 Å². The smallest absolute Gasteiger partial charge is 0.316 e. The van der Waals surface area contributed by atoms with Crippen molar-refractivity contribution in [3.05, 3.63) is 16.8 Å². The van der Waals surface area contributed by atoms with Crippen LogP contribution in [0.3, 0.4) is 0 Å². The van der Waals surface area contributed by atoms with E-state index in [2.05, 4.69) is 30.7 Å². The second-order valence-electron chi connectivity index (χ2n) is 5.59. The summed E-state index contributed by atoms with van der Waals surface area (Å²) in [7, 11) is 0. The van der Waals surface area contributed by atoms with Crippen LogP contribution in [0.15, 0.2) is 11.4 Å². The van der Waals surface area contributed by atoms with Gasteiger partial charge in [-0.15, -0.1) is 11.3 Å². The van der Waals surface area contributed by atoms with Gasteiger partial charge < -0.3 is 4.74 Å². The quantitative estimate of drug-likeness (QED) is 0.478. The molecule has 1 aliphatic rings. The molecule has 0 N–H and O–H groups in total. The number of carbonyl (C=O) groups excluding carboxylic acids is 1.